The standard InChI is InChI=1S/C18H34O2.C13H21NO3/c1-2-3-4-5-6-7-8-9-10-11-12-13-14-15-16-17-18(19)20;1-13(2,3)14-7-12(17)9-4-5-11(16)10(6-9)8-15/h9-10H,2-8,11-17H2,1H3,(H,19,20);4-6,12,14-17H,7-8H2,1-3H3. The minimum absolute atomic E-state index is 0.0484. The molecule has 214 valence electrons. The van der Waals surface area contributed by atoms with Crippen molar-refractivity contribution in [1.82, 2.24) is 5.32 Å². The summed E-state index contributed by atoms with van der Waals surface area (Å²) in [6, 6.07) is 4.76. The first kappa shape index (κ1) is 35.1. The van der Waals surface area contributed by atoms with E-state index in [1.807, 2.05) is 20.8 Å². The molecular formula is C31H55NO5. The number of unbranched alkanes of at least 4 members (excludes halogenated alkanes) is 11. The van der Waals surface area contributed by atoms with Crippen LogP contribution in [0.3, 0.4) is 0 Å². The predicted molar refractivity (Wildman–Crippen MR) is 154 cm³/mol. The maximum absolute atomic E-state index is 10.3. The van der Waals surface area contributed by atoms with Gasteiger partial charge in [0.05, 0.1) is 12.7 Å². The number of carboxylic acid groups (broad SMARTS) is 1. The number of aliphatic hydroxyl groups is 2. The molecule has 0 saturated heterocycles. The van der Waals surface area contributed by atoms with Crippen LogP contribution in [0.15, 0.2) is 30.4 Å². The Balaban J connectivity index is 0.000000708. The van der Waals surface area contributed by atoms with Crippen molar-refractivity contribution < 1.29 is 25.2 Å². The van der Waals surface area contributed by atoms with E-state index in [-0.39, 0.29) is 17.9 Å². The smallest absolute Gasteiger partial charge is 0.303 e. The van der Waals surface area contributed by atoms with Gasteiger partial charge in [0.2, 0.25) is 0 Å². The lowest BCUT2D eigenvalue weighted by molar-refractivity contribution is -0.137. The SMILES string of the molecule is CC(C)(C)NCC(O)c1ccc(O)c(CO)c1.CCCCCCCCC=CCCCCCCCC(=O)O. The average Bonchev–Trinajstić information content (AvgIpc) is 2.85. The van der Waals surface area contributed by atoms with Crippen molar-refractivity contribution in [2.45, 2.75) is 136 Å². The Morgan fingerprint density at radius 1 is 0.919 bits per heavy atom. The molecule has 1 aromatic carbocycles. The van der Waals surface area contributed by atoms with Crippen molar-refractivity contribution in [2.75, 3.05) is 6.54 Å². The van der Waals surface area contributed by atoms with Crippen molar-refractivity contribution in [3.8, 4) is 5.75 Å². The summed E-state index contributed by atoms with van der Waals surface area (Å²) in [4.78, 5) is 10.3. The van der Waals surface area contributed by atoms with Gasteiger partial charge in [-0.3, -0.25) is 4.79 Å². The summed E-state index contributed by atoms with van der Waals surface area (Å²) in [5.74, 6) is -0.616. The number of aliphatic carboxylic acids is 1. The fourth-order valence-electron chi connectivity index (χ4n) is 3.81. The Hall–Kier alpha value is -1.89. The van der Waals surface area contributed by atoms with E-state index in [4.69, 9.17) is 10.2 Å². The van der Waals surface area contributed by atoms with E-state index in [0.717, 1.165) is 12.8 Å². The fraction of sp³-hybridized carbons (Fsp3) is 0.710. The van der Waals surface area contributed by atoms with Crippen molar-refractivity contribution >= 4 is 5.97 Å². The fourth-order valence-corrected chi connectivity index (χ4v) is 3.81. The summed E-state index contributed by atoms with van der Waals surface area (Å²) in [6.07, 6.45) is 20.6. The molecular weight excluding hydrogens is 466 g/mol. The van der Waals surface area contributed by atoms with Gasteiger partial charge in [-0.15, -0.1) is 0 Å². The molecule has 1 unspecified atom stereocenters. The van der Waals surface area contributed by atoms with Crippen LogP contribution in [0.5, 0.6) is 5.75 Å². The molecule has 1 rings (SSSR count). The number of hydrogen-bond acceptors (Lipinski definition) is 5. The van der Waals surface area contributed by atoms with Gasteiger partial charge in [-0.05, 0) is 70.6 Å². The highest BCUT2D eigenvalue weighted by Gasteiger charge is 2.14. The molecule has 1 aromatic rings. The van der Waals surface area contributed by atoms with Gasteiger partial charge in [0.1, 0.15) is 5.75 Å². The highest BCUT2D eigenvalue weighted by Crippen LogP contribution is 2.22. The lowest BCUT2D eigenvalue weighted by Crippen LogP contribution is -2.38. The number of aromatic hydroxyl groups is 1. The number of carboxylic acids is 1. The number of hydrogen-bond donors (Lipinski definition) is 5. The van der Waals surface area contributed by atoms with Gasteiger partial charge in [-0.1, -0.05) is 76.5 Å². The zero-order chi connectivity index (χ0) is 27.9. The molecule has 0 aliphatic rings. The van der Waals surface area contributed by atoms with Crippen LogP contribution in [0.2, 0.25) is 0 Å². The second kappa shape index (κ2) is 22.1. The number of nitrogens with one attached hydrogen (secondary N) is 1. The third-order valence-corrected chi connectivity index (χ3v) is 6.14. The Morgan fingerprint density at radius 2 is 1.46 bits per heavy atom. The van der Waals surface area contributed by atoms with Crippen LogP contribution in [0.25, 0.3) is 0 Å². The van der Waals surface area contributed by atoms with Crippen molar-refractivity contribution in [1.29, 1.82) is 0 Å². The number of carbonyl (C=O) groups is 1. The van der Waals surface area contributed by atoms with Gasteiger partial charge in [0.15, 0.2) is 0 Å². The molecule has 1 atom stereocenters. The Bertz CT molecular complexity index is 727. The maximum Gasteiger partial charge on any atom is 0.303 e. The Kier molecular flexibility index (Phi) is 21.0. The summed E-state index contributed by atoms with van der Waals surface area (Å²) in [7, 11) is 0. The molecule has 0 heterocycles. The average molecular weight is 522 g/mol. The van der Waals surface area contributed by atoms with E-state index in [1.54, 1.807) is 12.1 Å². The van der Waals surface area contributed by atoms with Crippen LogP contribution in [-0.2, 0) is 11.4 Å². The van der Waals surface area contributed by atoms with E-state index in [9.17, 15) is 15.0 Å². The van der Waals surface area contributed by atoms with Crippen LogP contribution in [0.4, 0.5) is 0 Å². The van der Waals surface area contributed by atoms with Crippen molar-refractivity contribution in [3.63, 3.8) is 0 Å². The molecule has 0 aliphatic heterocycles. The predicted octanol–water partition coefficient (Wildman–Crippen LogP) is 7.41. The first-order valence-corrected chi connectivity index (χ1v) is 14.3. The second-order valence-electron chi connectivity index (χ2n) is 10.9. The summed E-state index contributed by atoms with van der Waals surface area (Å²) in [5.41, 5.74) is 1.05. The Morgan fingerprint density at radius 3 is 1.97 bits per heavy atom. The summed E-state index contributed by atoms with van der Waals surface area (Å²) in [6.45, 7) is 8.52. The van der Waals surface area contributed by atoms with Gasteiger partial charge < -0.3 is 25.7 Å². The number of rotatable bonds is 19. The van der Waals surface area contributed by atoms with Crippen LogP contribution in [0, 0.1) is 0 Å². The number of aliphatic hydroxyl groups excluding tert-OH is 2. The molecule has 0 radical (unpaired) electrons. The summed E-state index contributed by atoms with van der Waals surface area (Å²) in [5, 5.41) is 40.1. The van der Waals surface area contributed by atoms with Gasteiger partial charge in [-0.2, -0.15) is 0 Å². The highest BCUT2D eigenvalue weighted by atomic mass is 16.4. The second-order valence-corrected chi connectivity index (χ2v) is 10.9. The largest absolute Gasteiger partial charge is 0.508 e. The number of β-amino-alcohol motifs (C(OH)–C–C–N with tert-alkyl or cyclic N) is 1. The van der Waals surface area contributed by atoms with E-state index in [2.05, 4.69) is 24.4 Å². The molecule has 6 heteroatoms. The minimum Gasteiger partial charge on any atom is -0.508 e. The monoisotopic (exact) mass is 521 g/mol. The van der Waals surface area contributed by atoms with Gasteiger partial charge >= 0.3 is 5.97 Å². The zero-order valence-electron chi connectivity index (χ0n) is 24.0. The maximum atomic E-state index is 10.3. The summed E-state index contributed by atoms with van der Waals surface area (Å²) >= 11 is 0. The molecule has 0 spiro atoms. The summed E-state index contributed by atoms with van der Waals surface area (Å²) < 4.78 is 0. The topological polar surface area (TPSA) is 110 Å². The molecule has 0 saturated carbocycles. The molecule has 37 heavy (non-hydrogen) atoms. The lowest BCUT2D eigenvalue weighted by Gasteiger charge is -2.23. The lowest BCUT2D eigenvalue weighted by atomic mass is 10.0. The molecule has 0 amide bonds. The quantitative estimate of drug-likeness (QED) is 0.0957. The van der Waals surface area contributed by atoms with Gasteiger partial charge in [0, 0.05) is 24.1 Å². The van der Waals surface area contributed by atoms with E-state index in [1.165, 1.54) is 76.7 Å². The third-order valence-electron chi connectivity index (χ3n) is 6.14. The van der Waals surface area contributed by atoms with Crippen LogP contribution in [-0.4, -0.2) is 38.5 Å². The van der Waals surface area contributed by atoms with Gasteiger partial charge in [-0.25, -0.2) is 0 Å². The van der Waals surface area contributed by atoms with E-state index >= 15 is 0 Å². The molecule has 6 nitrogen and oxygen atoms in total. The first-order valence-electron chi connectivity index (χ1n) is 14.3. The van der Waals surface area contributed by atoms with Crippen molar-refractivity contribution in [3.05, 3.63) is 41.5 Å². The highest BCUT2D eigenvalue weighted by molar-refractivity contribution is 5.66. The molecule has 0 bridgehead atoms. The Labute approximate surface area is 226 Å². The number of benzene rings is 1. The first-order chi connectivity index (χ1) is 17.6. The molecule has 5 N–H and O–H groups in total. The van der Waals surface area contributed by atoms with Crippen molar-refractivity contribution in [2.24, 2.45) is 0 Å². The zero-order valence-corrected chi connectivity index (χ0v) is 24.0. The normalized spacial score (nSPS) is 12.4. The minimum atomic E-state index is -0.664. The van der Waals surface area contributed by atoms with Crippen LogP contribution < -0.4 is 5.32 Å². The number of phenols is 1. The van der Waals surface area contributed by atoms with E-state index < -0.39 is 12.1 Å². The third kappa shape index (κ3) is 21.9. The molecule has 0 fully saturated rings. The van der Waals surface area contributed by atoms with Gasteiger partial charge in [0.25, 0.3) is 0 Å². The molecule has 0 aromatic heterocycles. The number of allylic oxidation sites excluding steroid dienone is 2. The van der Waals surface area contributed by atoms with E-state index in [0.29, 0.717) is 24.1 Å². The molecule has 0 aliphatic carbocycles. The van der Waals surface area contributed by atoms with Crippen LogP contribution >= 0.6 is 0 Å². The van der Waals surface area contributed by atoms with Crippen LogP contribution in [0.1, 0.15) is 135 Å².